The molecule has 0 aromatic rings. The number of nitrogens with one attached hydrogen (secondary N) is 2. The summed E-state index contributed by atoms with van der Waals surface area (Å²) in [5, 5.41) is 7.14. The van der Waals surface area contributed by atoms with E-state index in [2.05, 4.69) is 10.6 Å². The van der Waals surface area contributed by atoms with Gasteiger partial charge in [-0.3, -0.25) is 0 Å². The summed E-state index contributed by atoms with van der Waals surface area (Å²) in [6, 6.07) is 0.689. The summed E-state index contributed by atoms with van der Waals surface area (Å²) in [6.07, 6.45) is 8.43. The van der Waals surface area contributed by atoms with E-state index in [1.807, 2.05) is 0 Å². The lowest BCUT2D eigenvalue weighted by Gasteiger charge is -2.18. The van der Waals surface area contributed by atoms with Gasteiger partial charge in [-0.15, -0.1) is 0 Å². The van der Waals surface area contributed by atoms with Gasteiger partial charge >= 0.3 is 0 Å². The minimum atomic E-state index is 0.482. The topological polar surface area (TPSA) is 33.3 Å². The molecule has 2 saturated heterocycles. The molecule has 3 heteroatoms. The second-order valence-corrected chi connectivity index (χ2v) is 4.79. The molecule has 2 aliphatic rings. The van der Waals surface area contributed by atoms with E-state index in [0.29, 0.717) is 12.1 Å². The first kappa shape index (κ1) is 11.4. The van der Waals surface area contributed by atoms with Crippen LogP contribution >= 0.6 is 0 Å². The third-order valence-corrected chi connectivity index (χ3v) is 3.45. The molecular formula is C12H24N2O. The van der Waals surface area contributed by atoms with Crippen LogP contribution in [-0.2, 0) is 4.74 Å². The van der Waals surface area contributed by atoms with Gasteiger partial charge in [0, 0.05) is 25.7 Å². The van der Waals surface area contributed by atoms with Crippen LogP contribution in [0.3, 0.4) is 0 Å². The maximum atomic E-state index is 5.58. The molecule has 2 N–H and O–H groups in total. The summed E-state index contributed by atoms with van der Waals surface area (Å²) in [5.41, 5.74) is 0. The van der Waals surface area contributed by atoms with Crippen LogP contribution < -0.4 is 10.6 Å². The first-order valence-electron chi connectivity index (χ1n) is 6.51. The quantitative estimate of drug-likeness (QED) is 0.736. The van der Waals surface area contributed by atoms with Crippen LogP contribution in [0, 0.1) is 0 Å². The highest BCUT2D eigenvalue weighted by atomic mass is 16.5. The zero-order chi connectivity index (χ0) is 10.3. The molecule has 0 saturated carbocycles. The Labute approximate surface area is 93.0 Å². The van der Waals surface area contributed by atoms with Crippen molar-refractivity contribution in [1.29, 1.82) is 0 Å². The zero-order valence-electron chi connectivity index (χ0n) is 9.63. The van der Waals surface area contributed by atoms with E-state index in [1.165, 1.54) is 45.1 Å². The minimum absolute atomic E-state index is 0.482. The molecule has 88 valence electrons. The number of hydrogen-bond acceptors (Lipinski definition) is 3. The van der Waals surface area contributed by atoms with Gasteiger partial charge in [0.2, 0.25) is 0 Å². The molecule has 0 amide bonds. The van der Waals surface area contributed by atoms with Gasteiger partial charge in [0.1, 0.15) is 0 Å². The van der Waals surface area contributed by atoms with Crippen molar-refractivity contribution in [3.63, 3.8) is 0 Å². The largest absolute Gasteiger partial charge is 0.377 e. The van der Waals surface area contributed by atoms with Gasteiger partial charge in [0.05, 0.1) is 6.10 Å². The summed E-state index contributed by atoms with van der Waals surface area (Å²) in [5.74, 6) is 0. The maximum Gasteiger partial charge on any atom is 0.0700 e. The maximum absolute atomic E-state index is 5.58. The van der Waals surface area contributed by atoms with E-state index >= 15 is 0 Å². The van der Waals surface area contributed by atoms with Crippen LogP contribution in [0.5, 0.6) is 0 Å². The summed E-state index contributed by atoms with van der Waals surface area (Å²) in [7, 11) is 0. The Balaban J connectivity index is 1.55. The molecule has 3 nitrogen and oxygen atoms in total. The first-order chi connectivity index (χ1) is 7.45. The molecule has 2 aliphatic heterocycles. The van der Waals surface area contributed by atoms with Gasteiger partial charge in [0.15, 0.2) is 0 Å². The molecular weight excluding hydrogens is 188 g/mol. The summed E-state index contributed by atoms with van der Waals surface area (Å²) in [6.45, 7) is 4.32. The smallest absolute Gasteiger partial charge is 0.0700 e. The van der Waals surface area contributed by atoms with Crippen LogP contribution in [0.4, 0.5) is 0 Å². The second-order valence-electron chi connectivity index (χ2n) is 4.79. The van der Waals surface area contributed by atoms with Crippen molar-refractivity contribution in [3.05, 3.63) is 0 Å². The average Bonchev–Trinajstić information content (AvgIpc) is 2.62. The fraction of sp³-hybridized carbons (Fsp3) is 1.00. The van der Waals surface area contributed by atoms with Crippen LogP contribution in [0.1, 0.15) is 38.5 Å². The van der Waals surface area contributed by atoms with Crippen molar-refractivity contribution in [1.82, 2.24) is 10.6 Å². The third kappa shape index (κ3) is 4.09. The van der Waals surface area contributed by atoms with E-state index in [9.17, 15) is 0 Å². The third-order valence-electron chi connectivity index (χ3n) is 3.45. The standard InChI is InChI=1S/C12H24N2O/c1-2-5-11(14-7-3-1)9-13-10-12-6-4-8-15-12/h11-14H,1-10H2. The minimum Gasteiger partial charge on any atom is -0.377 e. The van der Waals surface area contributed by atoms with Gasteiger partial charge in [-0.05, 0) is 32.2 Å². The monoisotopic (exact) mass is 212 g/mol. The van der Waals surface area contributed by atoms with Gasteiger partial charge in [-0.25, -0.2) is 0 Å². The number of rotatable bonds is 4. The molecule has 0 radical (unpaired) electrons. The van der Waals surface area contributed by atoms with E-state index in [-0.39, 0.29) is 0 Å². The summed E-state index contributed by atoms with van der Waals surface area (Å²) >= 11 is 0. The molecule has 15 heavy (non-hydrogen) atoms. The predicted octanol–water partition coefficient (Wildman–Crippen LogP) is 1.29. The van der Waals surface area contributed by atoms with Crippen LogP contribution in [0.2, 0.25) is 0 Å². The Kier molecular flexibility index (Phi) is 4.90. The van der Waals surface area contributed by atoms with Crippen molar-refractivity contribution >= 4 is 0 Å². The molecule has 2 atom stereocenters. The molecule has 0 bridgehead atoms. The van der Waals surface area contributed by atoms with Crippen LogP contribution in [-0.4, -0.2) is 38.4 Å². The lowest BCUT2D eigenvalue weighted by molar-refractivity contribution is 0.109. The molecule has 2 unspecified atom stereocenters. The molecule has 2 heterocycles. The predicted molar refractivity (Wildman–Crippen MR) is 62.1 cm³/mol. The van der Waals surface area contributed by atoms with Crippen molar-refractivity contribution in [2.45, 2.75) is 50.7 Å². The lowest BCUT2D eigenvalue weighted by atomic mass is 10.1. The summed E-state index contributed by atoms with van der Waals surface area (Å²) < 4.78 is 5.58. The highest BCUT2D eigenvalue weighted by molar-refractivity contribution is 4.75. The van der Waals surface area contributed by atoms with E-state index < -0.39 is 0 Å². The SMILES string of the molecule is C1CCNC(CNCC2CCCO2)CC1. The summed E-state index contributed by atoms with van der Waals surface area (Å²) in [4.78, 5) is 0. The molecule has 0 aliphatic carbocycles. The van der Waals surface area contributed by atoms with Crippen molar-refractivity contribution in [3.8, 4) is 0 Å². The van der Waals surface area contributed by atoms with Crippen molar-refractivity contribution in [2.75, 3.05) is 26.2 Å². The lowest BCUT2D eigenvalue weighted by Crippen LogP contribution is -2.40. The fourth-order valence-electron chi connectivity index (χ4n) is 2.50. The van der Waals surface area contributed by atoms with Crippen molar-refractivity contribution < 1.29 is 4.74 Å². The van der Waals surface area contributed by atoms with Gasteiger partial charge in [0.25, 0.3) is 0 Å². The Morgan fingerprint density at radius 1 is 1.07 bits per heavy atom. The van der Waals surface area contributed by atoms with E-state index in [4.69, 9.17) is 4.74 Å². The molecule has 0 spiro atoms. The Morgan fingerprint density at radius 3 is 2.93 bits per heavy atom. The molecule has 2 rings (SSSR count). The molecule has 2 fully saturated rings. The number of hydrogen-bond donors (Lipinski definition) is 2. The first-order valence-corrected chi connectivity index (χ1v) is 6.51. The highest BCUT2D eigenvalue weighted by Crippen LogP contribution is 2.11. The fourth-order valence-corrected chi connectivity index (χ4v) is 2.50. The second kappa shape index (κ2) is 6.46. The van der Waals surface area contributed by atoms with Gasteiger partial charge < -0.3 is 15.4 Å². The molecule has 0 aromatic heterocycles. The molecule has 0 aromatic carbocycles. The Hall–Kier alpha value is -0.120. The Morgan fingerprint density at radius 2 is 2.07 bits per heavy atom. The van der Waals surface area contributed by atoms with E-state index in [0.717, 1.165) is 19.7 Å². The normalized spacial score (nSPS) is 32.8. The average molecular weight is 212 g/mol. The number of ether oxygens (including phenoxy) is 1. The van der Waals surface area contributed by atoms with E-state index in [1.54, 1.807) is 0 Å². The van der Waals surface area contributed by atoms with Crippen LogP contribution in [0.25, 0.3) is 0 Å². The zero-order valence-corrected chi connectivity index (χ0v) is 9.63. The van der Waals surface area contributed by atoms with Gasteiger partial charge in [-0.2, -0.15) is 0 Å². The van der Waals surface area contributed by atoms with Crippen LogP contribution in [0.15, 0.2) is 0 Å². The van der Waals surface area contributed by atoms with Gasteiger partial charge in [-0.1, -0.05) is 12.8 Å². The van der Waals surface area contributed by atoms with Crippen molar-refractivity contribution in [2.24, 2.45) is 0 Å². The Bertz CT molecular complexity index is 161. The highest BCUT2D eigenvalue weighted by Gasteiger charge is 2.16.